The van der Waals surface area contributed by atoms with Crippen LogP contribution >= 0.6 is 0 Å². The highest BCUT2D eigenvalue weighted by molar-refractivity contribution is 5.36. The number of para-hydroxylation sites is 1. The molecule has 0 fully saturated rings. The average Bonchev–Trinajstić information content (AvgIpc) is 2.68. The molecule has 1 aromatic carbocycles. The zero-order valence-electron chi connectivity index (χ0n) is 12.3. The second-order valence-corrected chi connectivity index (χ2v) is 6.28. The summed E-state index contributed by atoms with van der Waals surface area (Å²) in [6.45, 7) is 10.5. The number of aromatic amines is 1. The number of nitrogens with one attached hydrogen (secondary N) is 1. The monoisotopic (exact) mass is 258 g/mol. The van der Waals surface area contributed by atoms with Gasteiger partial charge in [-0.25, -0.2) is 4.68 Å². The molecule has 2 aromatic rings. The van der Waals surface area contributed by atoms with E-state index in [2.05, 4.69) is 39.7 Å². The van der Waals surface area contributed by atoms with Crippen molar-refractivity contribution in [1.82, 2.24) is 9.78 Å². The van der Waals surface area contributed by atoms with E-state index in [4.69, 9.17) is 0 Å². The predicted molar refractivity (Wildman–Crippen MR) is 79.2 cm³/mol. The lowest BCUT2D eigenvalue weighted by Gasteiger charge is -2.18. The summed E-state index contributed by atoms with van der Waals surface area (Å²) in [5.74, 6) is 0.298. The van der Waals surface area contributed by atoms with Crippen molar-refractivity contribution in [2.24, 2.45) is 0 Å². The molecule has 0 spiro atoms. The summed E-state index contributed by atoms with van der Waals surface area (Å²) in [5.41, 5.74) is 2.69. The van der Waals surface area contributed by atoms with Crippen molar-refractivity contribution in [3.8, 4) is 5.69 Å². The molecule has 19 heavy (non-hydrogen) atoms. The molecule has 0 bridgehead atoms. The molecule has 1 aromatic heterocycles. The topological polar surface area (TPSA) is 37.8 Å². The summed E-state index contributed by atoms with van der Waals surface area (Å²) in [7, 11) is 0. The molecule has 3 heteroatoms. The van der Waals surface area contributed by atoms with Crippen LogP contribution in [0.2, 0.25) is 0 Å². The Balaban J connectivity index is 2.70. The zero-order chi connectivity index (χ0) is 14.2. The van der Waals surface area contributed by atoms with Gasteiger partial charge in [0.05, 0.1) is 5.69 Å². The highest BCUT2D eigenvalue weighted by atomic mass is 16.1. The highest BCUT2D eigenvalue weighted by Gasteiger charge is 2.27. The maximum Gasteiger partial charge on any atom is 0.275 e. The first kappa shape index (κ1) is 13.7. The fourth-order valence-electron chi connectivity index (χ4n) is 2.36. The zero-order valence-corrected chi connectivity index (χ0v) is 12.3. The van der Waals surface area contributed by atoms with E-state index in [1.54, 1.807) is 4.68 Å². The van der Waals surface area contributed by atoms with Crippen LogP contribution in [0.5, 0.6) is 0 Å². The summed E-state index contributed by atoms with van der Waals surface area (Å²) in [6.07, 6.45) is 0. The fraction of sp³-hybridized carbons (Fsp3) is 0.438. The van der Waals surface area contributed by atoms with Crippen LogP contribution in [-0.4, -0.2) is 9.78 Å². The summed E-state index contributed by atoms with van der Waals surface area (Å²) in [6, 6.07) is 9.71. The van der Waals surface area contributed by atoms with E-state index < -0.39 is 0 Å². The smallest absolute Gasteiger partial charge is 0.275 e. The molecule has 1 heterocycles. The first-order valence-corrected chi connectivity index (χ1v) is 6.73. The second-order valence-electron chi connectivity index (χ2n) is 6.28. The molecule has 0 aliphatic rings. The molecule has 102 valence electrons. The number of H-pyrrole nitrogens is 1. The quantitative estimate of drug-likeness (QED) is 0.878. The van der Waals surface area contributed by atoms with Crippen LogP contribution in [0, 0.1) is 0 Å². The van der Waals surface area contributed by atoms with Gasteiger partial charge in [0, 0.05) is 11.3 Å². The van der Waals surface area contributed by atoms with Gasteiger partial charge < -0.3 is 0 Å². The standard InChI is InChI=1S/C16H22N2O/c1-11(2)14-13(16(3,4)5)15(19)18(17-14)12-9-7-6-8-10-12/h6-11,17H,1-5H3. The van der Waals surface area contributed by atoms with E-state index in [9.17, 15) is 4.79 Å². The SMILES string of the molecule is CC(C)c1[nH]n(-c2ccccc2)c(=O)c1C(C)(C)C. The lowest BCUT2D eigenvalue weighted by molar-refractivity contribution is 0.572. The van der Waals surface area contributed by atoms with Gasteiger partial charge in [0.1, 0.15) is 0 Å². The van der Waals surface area contributed by atoms with Crippen LogP contribution in [0.25, 0.3) is 5.69 Å². The van der Waals surface area contributed by atoms with E-state index in [1.165, 1.54) is 0 Å². The van der Waals surface area contributed by atoms with Gasteiger partial charge in [0.25, 0.3) is 5.56 Å². The predicted octanol–water partition coefficient (Wildman–Crippen LogP) is 3.59. The van der Waals surface area contributed by atoms with Crippen LogP contribution < -0.4 is 5.56 Å². The number of rotatable bonds is 2. The Hall–Kier alpha value is -1.77. The third-order valence-corrected chi connectivity index (χ3v) is 3.26. The Bertz CT molecular complexity index is 612. The van der Waals surface area contributed by atoms with Crippen LogP contribution in [0.1, 0.15) is 51.8 Å². The fourth-order valence-corrected chi connectivity index (χ4v) is 2.36. The molecule has 0 atom stereocenters. The van der Waals surface area contributed by atoms with Gasteiger partial charge in [0.2, 0.25) is 0 Å². The van der Waals surface area contributed by atoms with Crippen molar-refractivity contribution >= 4 is 0 Å². The first-order valence-electron chi connectivity index (χ1n) is 6.73. The lowest BCUT2D eigenvalue weighted by Crippen LogP contribution is -2.25. The minimum atomic E-state index is -0.160. The van der Waals surface area contributed by atoms with Gasteiger partial charge in [-0.3, -0.25) is 9.89 Å². The number of hydrogen-bond acceptors (Lipinski definition) is 1. The molecule has 3 nitrogen and oxygen atoms in total. The van der Waals surface area contributed by atoms with Gasteiger partial charge in [-0.05, 0) is 23.5 Å². The average molecular weight is 258 g/mol. The van der Waals surface area contributed by atoms with Crippen LogP contribution in [0.4, 0.5) is 0 Å². The number of hydrogen-bond donors (Lipinski definition) is 1. The van der Waals surface area contributed by atoms with E-state index in [1.807, 2.05) is 30.3 Å². The van der Waals surface area contributed by atoms with Crippen molar-refractivity contribution in [1.29, 1.82) is 0 Å². The van der Waals surface area contributed by atoms with Crippen LogP contribution in [-0.2, 0) is 5.41 Å². The van der Waals surface area contributed by atoms with E-state index in [-0.39, 0.29) is 11.0 Å². The number of nitrogens with zero attached hydrogens (tertiary/aromatic N) is 1. The third kappa shape index (κ3) is 2.50. The Morgan fingerprint density at radius 2 is 1.68 bits per heavy atom. The number of benzene rings is 1. The maximum atomic E-state index is 12.7. The Morgan fingerprint density at radius 3 is 2.11 bits per heavy atom. The molecule has 0 unspecified atom stereocenters. The van der Waals surface area contributed by atoms with Crippen molar-refractivity contribution in [2.75, 3.05) is 0 Å². The summed E-state index contributed by atoms with van der Waals surface area (Å²) in [4.78, 5) is 12.7. The lowest BCUT2D eigenvalue weighted by atomic mass is 9.85. The van der Waals surface area contributed by atoms with Crippen molar-refractivity contribution in [3.63, 3.8) is 0 Å². The second kappa shape index (κ2) is 4.72. The van der Waals surface area contributed by atoms with Crippen LogP contribution in [0.15, 0.2) is 35.1 Å². The molecule has 0 amide bonds. The molecule has 1 N–H and O–H groups in total. The Morgan fingerprint density at radius 1 is 1.11 bits per heavy atom. The van der Waals surface area contributed by atoms with Crippen molar-refractivity contribution in [3.05, 3.63) is 51.9 Å². The summed E-state index contributed by atoms with van der Waals surface area (Å²) in [5, 5.41) is 3.28. The molecule has 0 aliphatic heterocycles. The summed E-state index contributed by atoms with van der Waals surface area (Å²) >= 11 is 0. The van der Waals surface area contributed by atoms with Gasteiger partial charge in [-0.1, -0.05) is 52.8 Å². The summed E-state index contributed by atoms with van der Waals surface area (Å²) < 4.78 is 1.65. The molecule has 2 rings (SSSR count). The molecular formula is C16H22N2O. The minimum absolute atomic E-state index is 0.0578. The first-order chi connectivity index (χ1) is 8.82. The normalized spacial score (nSPS) is 12.1. The Kier molecular flexibility index (Phi) is 3.40. The van der Waals surface area contributed by atoms with Gasteiger partial charge in [0.15, 0.2) is 0 Å². The molecule has 0 saturated heterocycles. The van der Waals surface area contributed by atoms with Crippen molar-refractivity contribution in [2.45, 2.75) is 46.0 Å². The number of aromatic nitrogens is 2. The third-order valence-electron chi connectivity index (χ3n) is 3.26. The molecule has 0 aliphatic carbocycles. The van der Waals surface area contributed by atoms with Crippen LogP contribution in [0.3, 0.4) is 0 Å². The van der Waals surface area contributed by atoms with E-state index >= 15 is 0 Å². The molecule has 0 saturated carbocycles. The highest BCUT2D eigenvalue weighted by Crippen LogP contribution is 2.27. The van der Waals surface area contributed by atoms with Crippen molar-refractivity contribution < 1.29 is 0 Å². The minimum Gasteiger partial charge on any atom is -0.294 e. The van der Waals surface area contributed by atoms with Gasteiger partial charge >= 0.3 is 0 Å². The van der Waals surface area contributed by atoms with E-state index in [0.29, 0.717) is 5.92 Å². The van der Waals surface area contributed by atoms with E-state index in [0.717, 1.165) is 16.9 Å². The van der Waals surface area contributed by atoms with Gasteiger partial charge in [-0.2, -0.15) is 0 Å². The maximum absolute atomic E-state index is 12.7. The molecular weight excluding hydrogens is 236 g/mol. The largest absolute Gasteiger partial charge is 0.294 e. The Labute approximate surface area is 114 Å². The molecule has 0 radical (unpaired) electrons. The van der Waals surface area contributed by atoms with Gasteiger partial charge in [-0.15, -0.1) is 0 Å².